The molecular formula is C24H36Ni. The zero-order chi connectivity index (χ0) is 17.3. The summed E-state index contributed by atoms with van der Waals surface area (Å²) >= 11 is 0. The van der Waals surface area contributed by atoms with Crippen molar-refractivity contribution >= 4 is 0 Å². The zero-order valence-electron chi connectivity index (χ0n) is 16.2. The van der Waals surface area contributed by atoms with Gasteiger partial charge in [-0.1, -0.05) is 113 Å². The van der Waals surface area contributed by atoms with Crippen LogP contribution in [0.4, 0.5) is 0 Å². The molecule has 0 N–H and O–H groups in total. The maximum Gasteiger partial charge on any atom is 0 e. The van der Waals surface area contributed by atoms with Crippen LogP contribution in [0, 0.1) is 0 Å². The Morgan fingerprint density at radius 2 is 0.840 bits per heavy atom. The van der Waals surface area contributed by atoms with E-state index in [4.69, 9.17) is 0 Å². The molecule has 0 unspecified atom stereocenters. The predicted molar refractivity (Wildman–Crippen MR) is 109 cm³/mol. The molecule has 0 fully saturated rings. The van der Waals surface area contributed by atoms with Gasteiger partial charge in [-0.2, -0.15) is 0 Å². The van der Waals surface area contributed by atoms with E-state index in [-0.39, 0.29) is 16.5 Å². The van der Waals surface area contributed by atoms with Crippen LogP contribution in [0.3, 0.4) is 0 Å². The molecule has 0 aliphatic rings. The Kier molecular flexibility index (Phi) is 17.0. The van der Waals surface area contributed by atoms with Gasteiger partial charge in [0.15, 0.2) is 0 Å². The Morgan fingerprint density at radius 1 is 0.480 bits per heavy atom. The van der Waals surface area contributed by atoms with Gasteiger partial charge in [-0.05, 0) is 36.8 Å². The smallest absolute Gasteiger partial charge is 0 e. The molecule has 0 nitrogen and oxygen atoms in total. The van der Waals surface area contributed by atoms with Gasteiger partial charge in [-0.15, -0.1) is 0 Å². The zero-order valence-corrected chi connectivity index (χ0v) is 17.1. The molecule has 0 saturated heterocycles. The fraction of sp³-hybridized carbons (Fsp3) is 0.500. The van der Waals surface area contributed by atoms with Gasteiger partial charge < -0.3 is 0 Å². The van der Waals surface area contributed by atoms with Crippen LogP contribution in [-0.2, 0) is 29.3 Å². The van der Waals surface area contributed by atoms with Crippen LogP contribution in [-0.4, -0.2) is 0 Å². The summed E-state index contributed by atoms with van der Waals surface area (Å²) < 4.78 is 0. The quantitative estimate of drug-likeness (QED) is 0.292. The van der Waals surface area contributed by atoms with Crippen LogP contribution in [0.1, 0.15) is 76.3 Å². The van der Waals surface area contributed by atoms with Crippen LogP contribution in [0.2, 0.25) is 0 Å². The van der Waals surface area contributed by atoms with Gasteiger partial charge >= 0.3 is 0 Å². The first-order valence-electron chi connectivity index (χ1n) is 9.94. The Morgan fingerprint density at radius 3 is 1.16 bits per heavy atom. The number of hydrogen-bond acceptors (Lipinski definition) is 0. The average Bonchev–Trinajstić information content (AvgIpc) is 2.65. The van der Waals surface area contributed by atoms with E-state index < -0.39 is 0 Å². The van der Waals surface area contributed by atoms with E-state index in [1.807, 2.05) is 0 Å². The molecule has 2 aromatic carbocycles. The van der Waals surface area contributed by atoms with Gasteiger partial charge in [0.1, 0.15) is 0 Å². The summed E-state index contributed by atoms with van der Waals surface area (Å²) in [6.45, 7) is 4.50. The van der Waals surface area contributed by atoms with Crippen molar-refractivity contribution in [2.75, 3.05) is 0 Å². The van der Waals surface area contributed by atoms with Crippen LogP contribution in [0.5, 0.6) is 0 Å². The number of rotatable bonds is 10. The first kappa shape index (κ1) is 23.9. The van der Waals surface area contributed by atoms with E-state index >= 15 is 0 Å². The fourth-order valence-electron chi connectivity index (χ4n) is 2.80. The van der Waals surface area contributed by atoms with E-state index in [1.165, 1.54) is 75.3 Å². The Bertz CT molecular complexity index is 430. The first-order valence-corrected chi connectivity index (χ1v) is 9.94. The largest absolute Gasteiger partial charge is 0.0654 e. The van der Waals surface area contributed by atoms with E-state index in [0.29, 0.717) is 0 Å². The van der Waals surface area contributed by atoms with Crippen molar-refractivity contribution in [3.8, 4) is 0 Å². The third-order valence-corrected chi connectivity index (χ3v) is 4.32. The third-order valence-electron chi connectivity index (χ3n) is 4.32. The first-order chi connectivity index (χ1) is 11.9. The second-order valence-corrected chi connectivity index (χ2v) is 6.59. The van der Waals surface area contributed by atoms with E-state index in [1.54, 1.807) is 0 Å². The summed E-state index contributed by atoms with van der Waals surface area (Å²) in [4.78, 5) is 0. The molecule has 0 heterocycles. The standard InChI is InChI=1S/2C12H18.Ni/c2*1-2-3-4-6-9-12-10-7-5-8-11-12;/h2*5,7-8,10-11H,2-4,6,9H2,1H3;. The van der Waals surface area contributed by atoms with Crippen LogP contribution >= 0.6 is 0 Å². The van der Waals surface area contributed by atoms with Crippen molar-refractivity contribution in [2.45, 2.75) is 78.1 Å². The van der Waals surface area contributed by atoms with Crippen LogP contribution in [0.25, 0.3) is 0 Å². The molecule has 2 aromatic rings. The molecule has 25 heavy (non-hydrogen) atoms. The van der Waals surface area contributed by atoms with Crippen molar-refractivity contribution in [2.24, 2.45) is 0 Å². The number of unbranched alkanes of at least 4 members (excludes halogenated alkanes) is 6. The average molecular weight is 383 g/mol. The molecular weight excluding hydrogens is 347 g/mol. The second kappa shape index (κ2) is 17.7. The summed E-state index contributed by atoms with van der Waals surface area (Å²) in [7, 11) is 0. The van der Waals surface area contributed by atoms with Gasteiger partial charge in [0.05, 0.1) is 0 Å². The van der Waals surface area contributed by atoms with Gasteiger partial charge in [0.2, 0.25) is 0 Å². The van der Waals surface area contributed by atoms with Gasteiger partial charge in [0, 0.05) is 16.5 Å². The van der Waals surface area contributed by atoms with Crippen molar-refractivity contribution in [3.05, 3.63) is 71.8 Å². The summed E-state index contributed by atoms with van der Waals surface area (Å²) in [5, 5.41) is 0. The van der Waals surface area contributed by atoms with E-state index in [2.05, 4.69) is 74.5 Å². The molecule has 1 heteroatoms. The molecule has 0 aliphatic heterocycles. The molecule has 142 valence electrons. The minimum Gasteiger partial charge on any atom is -0.0654 e. The van der Waals surface area contributed by atoms with Crippen molar-refractivity contribution < 1.29 is 16.5 Å². The molecule has 0 radical (unpaired) electrons. The van der Waals surface area contributed by atoms with E-state index in [0.717, 1.165) is 0 Å². The van der Waals surface area contributed by atoms with Crippen molar-refractivity contribution in [1.29, 1.82) is 0 Å². The fourth-order valence-corrected chi connectivity index (χ4v) is 2.80. The van der Waals surface area contributed by atoms with Crippen LogP contribution < -0.4 is 0 Å². The summed E-state index contributed by atoms with van der Waals surface area (Å²) in [5.74, 6) is 0. The summed E-state index contributed by atoms with van der Waals surface area (Å²) in [5.41, 5.74) is 2.96. The van der Waals surface area contributed by atoms with E-state index in [9.17, 15) is 0 Å². The predicted octanol–water partition coefficient (Wildman–Crippen LogP) is 7.62. The maximum atomic E-state index is 2.25. The third kappa shape index (κ3) is 13.9. The van der Waals surface area contributed by atoms with Crippen molar-refractivity contribution in [3.63, 3.8) is 0 Å². The number of hydrogen-bond donors (Lipinski definition) is 0. The minimum atomic E-state index is 0. The Hall–Kier alpha value is -1.07. The SMILES string of the molecule is CCCCCCc1ccccc1.CCCCCCc1ccccc1.[Ni]. The Labute approximate surface area is 166 Å². The molecule has 0 amide bonds. The minimum absolute atomic E-state index is 0. The summed E-state index contributed by atoms with van der Waals surface area (Å²) in [6.07, 6.45) is 13.4. The molecule has 0 aromatic heterocycles. The maximum absolute atomic E-state index is 2.25. The second-order valence-electron chi connectivity index (χ2n) is 6.59. The Balaban J connectivity index is 0.000000443. The topological polar surface area (TPSA) is 0 Å². The molecule has 0 atom stereocenters. The number of benzene rings is 2. The molecule has 0 aliphatic carbocycles. The van der Waals surface area contributed by atoms with Gasteiger partial charge in [0.25, 0.3) is 0 Å². The molecule has 0 spiro atoms. The van der Waals surface area contributed by atoms with Gasteiger partial charge in [-0.25, -0.2) is 0 Å². The molecule has 0 bridgehead atoms. The summed E-state index contributed by atoms with van der Waals surface area (Å²) in [6, 6.07) is 21.5. The normalized spacial score (nSPS) is 9.68. The molecule has 2 rings (SSSR count). The van der Waals surface area contributed by atoms with Crippen molar-refractivity contribution in [1.82, 2.24) is 0 Å². The van der Waals surface area contributed by atoms with Crippen LogP contribution in [0.15, 0.2) is 60.7 Å². The molecule has 0 saturated carbocycles. The monoisotopic (exact) mass is 382 g/mol. The number of aryl methyl sites for hydroxylation is 2. The van der Waals surface area contributed by atoms with Gasteiger partial charge in [-0.3, -0.25) is 0 Å².